The summed E-state index contributed by atoms with van der Waals surface area (Å²) < 4.78 is 5.42. The molecule has 4 nitrogen and oxygen atoms in total. The fourth-order valence-electron chi connectivity index (χ4n) is 2.81. The number of carbonyl (C=O) groups is 1. The minimum atomic E-state index is -0.431. The first-order chi connectivity index (χ1) is 8.40. The highest BCUT2D eigenvalue weighted by molar-refractivity contribution is 5.68. The van der Waals surface area contributed by atoms with E-state index in [-0.39, 0.29) is 12.7 Å². The molecule has 4 heteroatoms. The molecule has 104 valence electrons. The maximum Gasteiger partial charge on any atom is 0.410 e. The largest absolute Gasteiger partial charge is 0.444 e. The average Bonchev–Trinajstić information content (AvgIpc) is 3.09. The maximum atomic E-state index is 12.0. The Balaban J connectivity index is 1.93. The number of rotatable bonds is 2. The molecule has 0 aromatic rings. The van der Waals surface area contributed by atoms with Crippen LogP contribution in [0.4, 0.5) is 4.79 Å². The quantitative estimate of drug-likeness (QED) is 0.823. The third-order valence-electron chi connectivity index (χ3n) is 3.92. The van der Waals surface area contributed by atoms with Crippen LogP contribution in [0.3, 0.4) is 0 Å². The summed E-state index contributed by atoms with van der Waals surface area (Å²) in [4.78, 5) is 13.9. The molecule has 1 heterocycles. The van der Waals surface area contributed by atoms with Gasteiger partial charge in [0.25, 0.3) is 0 Å². The lowest BCUT2D eigenvalue weighted by Gasteiger charge is -2.38. The zero-order valence-electron chi connectivity index (χ0n) is 11.7. The number of carbonyl (C=O) groups excluding carboxylic acids is 1. The second-order valence-electron chi connectivity index (χ2n) is 6.66. The number of aliphatic hydroxyl groups is 1. The number of ether oxygens (including phenoxy) is 1. The molecular formula is C14H25NO3. The van der Waals surface area contributed by atoms with E-state index in [1.807, 2.05) is 25.7 Å². The average molecular weight is 255 g/mol. The van der Waals surface area contributed by atoms with E-state index < -0.39 is 5.60 Å². The Morgan fingerprint density at radius 2 is 2.00 bits per heavy atom. The molecule has 0 unspecified atom stereocenters. The number of likely N-dealkylation sites (tertiary alicyclic amines) is 1. The minimum absolute atomic E-state index is 0.204. The zero-order chi connectivity index (χ0) is 13.3. The monoisotopic (exact) mass is 255 g/mol. The van der Waals surface area contributed by atoms with E-state index in [1.54, 1.807) is 0 Å². The van der Waals surface area contributed by atoms with Crippen LogP contribution in [0.2, 0.25) is 0 Å². The first kappa shape index (κ1) is 13.7. The Bertz CT molecular complexity index is 307. The van der Waals surface area contributed by atoms with Crippen LogP contribution in [0.15, 0.2) is 0 Å². The Morgan fingerprint density at radius 1 is 1.33 bits per heavy atom. The molecule has 0 bridgehead atoms. The van der Waals surface area contributed by atoms with E-state index in [9.17, 15) is 9.90 Å². The Labute approximate surface area is 109 Å². The second kappa shape index (κ2) is 5.08. The van der Waals surface area contributed by atoms with Crippen molar-refractivity contribution in [1.82, 2.24) is 4.90 Å². The van der Waals surface area contributed by atoms with Gasteiger partial charge < -0.3 is 14.7 Å². The van der Waals surface area contributed by atoms with Gasteiger partial charge in [0, 0.05) is 19.7 Å². The number of hydrogen-bond acceptors (Lipinski definition) is 3. The first-order valence-corrected chi connectivity index (χ1v) is 6.99. The van der Waals surface area contributed by atoms with Gasteiger partial charge in [0.2, 0.25) is 0 Å². The van der Waals surface area contributed by atoms with Gasteiger partial charge in [-0.1, -0.05) is 0 Å². The van der Waals surface area contributed by atoms with Crippen LogP contribution in [0, 0.1) is 17.8 Å². The summed E-state index contributed by atoms with van der Waals surface area (Å²) in [7, 11) is 0. The summed E-state index contributed by atoms with van der Waals surface area (Å²) in [6, 6.07) is 0. The number of nitrogens with zero attached hydrogens (tertiary/aromatic N) is 1. The highest BCUT2D eigenvalue weighted by Crippen LogP contribution is 2.43. The van der Waals surface area contributed by atoms with Gasteiger partial charge in [-0.25, -0.2) is 4.79 Å². The van der Waals surface area contributed by atoms with Crippen molar-refractivity contribution in [3.8, 4) is 0 Å². The van der Waals surface area contributed by atoms with Crippen LogP contribution in [0.1, 0.15) is 40.0 Å². The van der Waals surface area contributed by atoms with Crippen molar-refractivity contribution in [2.75, 3.05) is 19.7 Å². The fraction of sp³-hybridized carbons (Fsp3) is 0.929. The molecule has 1 aliphatic heterocycles. The molecule has 1 aliphatic carbocycles. The normalized spacial score (nSPS) is 29.2. The van der Waals surface area contributed by atoms with Crippen molar-refractivity contribution < 1.29 is 14.6 Å². The summed E-state index contributed by atoms with van der Waals surface area (Å²) in [5.41, 5.74) is -0.431. The number of amides is 1. The molecule has 0 radical (unpaired) electrons. The topological polar surface area (TPSA) is 49.8 Å². The Morgan fingerprint density at radius 3 is 2.50 bits per heavy atom. The molecule has 0 aromatic heterocycles. The highest BCUT2D eigenvalue weighted by Gasteiger charge is 2.41. The molecule has 2 atom stereocenters. The predicted molar refractivity (Wildman–Crippen MR) is 69.2 cm³/mol. The van der Waals surface area contributed by atoms with Gasteiger partial charge in [-0.3, -0.25) is 0 Å². The van der Waals surface area contributed by atoms with Gasteiger partial charge in [0.15, 0.2) is 0 Å². The summed E-state index contributed by atoms with van der Waals surface area (Å²) >= 11 is 0. The van der Waals surface area contributed by atoms with Crippen LogP contribution in [0.25, 0.3) is 0 Å². The Kier molecular flexibility index (Phi) is 3.85. The van der Waals surface area contributed by atoms with E-state index in [0.717, 1.165) is 13.0 Å². The molecule has 1 saturated carbocycles. The molecule has 2 fully saturated rings. The van der Waals surface area contributed by atoms with Crippen LogP contribution >= 0.6 is 0 Å². The molecule has 0 spiro atoms. The first-order valence-electron chi connectivity index (χ1n) is 6.99. The van der Waals surface area contributed by atoms with Crippen molar-refractivity contribution in [3.05, 3.63) is 0 Å². The van der Waals surface area contributed by atoms with Crippen molar-refractivity contribution >= 4 is 6.09 Å². The van der Waals surface area contributed by atoms with Gasteiger partial charge in [-0.2, -0.15) is 0 Å². The molecule has 1 amide bonds. The Hall–Kier alpha value is -0.770. The molecule has 18 heavy (non-hydrogen) atoms. The lowest BCUT2D eigenvalue weighted by molar-refractivity contribution is 0.00213. The number of aliphatic hydroxyl groups excluding tert-OH is 1. The van der Waals surface area contributed by atoms with E-state index in [0.29, 0.717) is 24.3 Å². The number of hydrogen-bond donors (Lipinski definition) is 1. The number of piperidine rings is 1. The van der Waals surface area contributed by atoms with Crippen molar-refractivity contribution in [2.24, 2.45) is 17.8 Å². The van der Waals surface area contributed by atoms with Crippen molar-refractivity contribution in [2.45, 2.75) is 45.6 Å². The molecule has 1 N–H and O–H groups in total. The summed E-state index contributed by atoms with van der Waals surface area (Å²) in [5.74, 6) is 1.56. The fourth-order valence-corrected chi connectivity index (χ4v) is 2.81. The van der Waals surface area contributed by atoms with E-state index in [4.69, 9.17) is 4.74 Å². The standard InChI is InChI=1S/C14H25NO3/c1-14(2,3)18-13(17)15-7-6-11(9-16)12(8-15)10-4-5-10/h10-12,16H,4-9H2,1-3H3/t11-,12-/m1/s1. The smallest absolute Gasteiger partial charge is 0.410 e. The van der Waals surface area contributed by atoms with Gasteiger partial charge in [0.1, 0.15) is 5.60 Å². The maximum absolute atomic E-state index is 12.0. The zero-order valence-corrected chi connectivity index (χ0v) is 11.7. The third-order valence-corrected chi connectivity index (χ3v) is 3.92. The van der Waals surface area contributed by atoms with Gasteiger partial charge in [-0.05, 0) is 57.8 Å². The molecule has 0 aromatic carbocycles. The lowest BCUT2D eigenvalue weighted by atomic mass is 9.83. The van der Waals surface area contributed by atoms with Crippen LogP contribution in [-0.4, -0.2) is 41.4 Å². The summed E-state index contributed by atoms with van der Waals surface area (Å²) in [6.45, 7) is 7.40. The van der Waals surface area contributed by atoms with E-state index in [2.05, 4.69) is 0 Å². The van der Waals surface area contributed by atoms with Crippen molar-refractivity contribution in [3.63, 3.8) is 0 Å². The van der Waals surface area contributed by atoms with Gasteiger partial charge in [0.05, 0.1) is 0 Å². The summed E-state index contributed by atoms with van der Waals surface area (Å²) in [6.07, 6.45) is 3.20. The van der Waals surface area contributed by atoms with Crippen LogP contribution < -0.4 is 0 Å². The summed E-state index contributed by atoms with van der Waals surface area (Å²) in [5, 5.41) is 9.41. The molecule has 1 saturated heterocycles. The van der Waals surface area contributed by atoms with Gasteiger partial charge in [-0.15, -0.1) is 0 Å². The van der Waals surface area contributed by atoms with Crippen LogP contribution in [-0.2, 0) is 4.74 Å². The third kappa shape index (κ3) is 3.37. The minimum Gasteiger partial charge on any atom is -0.444 e. The predicted octanol–water partition coefficient (Wildman–Crippen LogP) is 2.26. The second-order valence-corrected chi connectivity index (χ2v) is 6.66. The molecule has 2 rings (SSSR count). The molecular weight excluding hydrogens is 230 g/mol. The van der Waals surface area contributed by atoms with Gasteiger partial charge >= 0.3 is 6.09 Å². The highest BCUT2D eigenvalue weighted by atomic mass is 16.6. The van der Waals surface area contributed by atoms with Crippen LogP contribution in [0.5, 0.6) is 0 Å². The van der Waals surface area contributed by atoms with E-state index >= 15 is 0 Å². The SMILES string of the molecule is CC(C)(C)OC(=O)N1CC[C@H](CO)[C@@H](C2CC2)C1. The molecule has 2 aliphatic rings. The van der Waals surface area contributed by atoms with Crippen molar-refractivity contribution in [1.29, 1.82) is 0 Å². The lowest BCUT2D eigenvalue weighted by Crippen LogP contribution is -2.47. The van der Waals surface area contributed by atoms with E-state index in [1.165, 1.54) is 12.8 Å².